The van der Waals surface area contributed by atoms with Gasteiger partial charge in [0.25, 0.3) is 0 Å². The summed E-state index contributed by atoms with van der Waals surface area (Å²) in [6.07, 6.45) is 4.69. The van der Waals surface area contributed by atoms with E-state index >= 15 is 0 Å². The first kappa shape index (κ1) is 25.5. The van der Waals surface area contributed by atoms with Crippen LogP contribution in [0.2, 0.25) is 5.02 Å². The third kappa shape index (κ3) is 4.86. The number of carbonyl (C=O) groups excluding carboxylic acids is 2. The Bertz CT molecular complexity index is 1530. The zero-order chi connectivity index (χ0) is 27.0. The molecule has 3 aromatic heterocycles. The lowest BCUT2D eigenvalue weighted by molar-refractivity contribution is -0.139. The van der Waals surface area contributed by atoms with Crippen LogP contribution in [0.4, 0.5) is 14.6 Å². The van der Waals surface area contributed by atoms with E-state index in [1.807, 2.05) is 0 Å². The molecule has 10 nitrogen and oxygen atoms in total. The molecule has 0 spiro atoms. The largest absolute Gasteiger partial charge is 0.383 e. The predicted octanol–water partition coefficient (Wildman–Crippen LogP) is 2.83. The maximum Gasteiger partial charge on any atom is 0.243 e. The first-order chi connectivity index (χ1) is 18.2. The standard InChI is InChI=1S/C25H23ClF2N8O2/c1-13-30-7-15(8-31-13)17-10-35(24-21(17)23(29)33-12-34-24)11-20(37)36-9-16(27)5-19(36)25(38)32-6-14-3-2-4-18(26)22(14)28/h2-4,7-8,10,12,16,19H,5-6,9,11H2,1H3,(H,32,38)(H2,29,33,34)/t16-,19+/m1/s1. The van der Waals surface area contributed by atoms with E-state index in [9.17, 15) is 18.4 Å². The maximum absolute atomic E-state index is 14.4. The second kappa shape index (κ2) is 10.3. The molecule has 1 aromatic carbocycles. The van der Waals surface area contributed by atoms with Gasteiger partial charge in [-0.2, -0.15) is 0 Å². The van der Waals surface area contributed by atoms with Crippen LogP contribution in [0.1, 0.15) is 17.8 Å². The normalized spacial score (nSPS) is 17.2. The first-order valence-corrected chi connectivity index (χ1v) is 12.1. The molecule has 5 rings (SSSR count). The second-order valence-electron chi connectivity index (χ2n) is 8.97. The van der Waals surface area contributed by atoms with E-state index in [1.54, 1.807) is 36.1 Å². The van der Waals surface area contributed by atoms with Crippen molar-refractivity contribution in [3.63, 3.8) is 0 Å². The van der Waals surface area contributed by atoms with E-state index in [0.29, 0.717) is 28.0 Å². The number of aromatic nitrogens is 5. The summed E-state index contributed by atoms with van der Waals surface area (Å²) in [5.74, 6) is -0.909. The van der Waals surface area contributed by atoms with Crippen molar-refractivity contribution in [2.24, 2.45) is 0 Å². The van der Waals surface area contributed by atoms with Crippen molar-refractivity contribution in [3.8, 4) is 11.1 Å². The van der Waals surface area contributed by atoms with Crippen LogP contribution in [-0.4, -0.2) is 60.0 Å². The summed E-state index contributed by atoms with van der Waals surface area (Å²) in [5.41, 5.74) is 8.00. The first-order valence-electron chi connectivity index (χ1n) is 11.8. The fourth-order valence-corrected chi connectivity index (χ4v) is 4.74. The van der Waals surface area contributed by atoms with Crippen molar-refractivity contribution in [1.82, 2.24) is 34.7 Å². The highest BCUT2D eigenvalue weighted by Gasteiger charge is 2.40. The molecule has 38 heavy (non-hydrogen) atoms. The molecule has 196 valence electrons. The van der Waals surface area contributed by atoms with Crippen LogP contribution in [0.5, 0.6) is 0 Å². The molecule has 0 unspecified atom stereocenters. The van der Waals surface area contributed by atoms with E-state index in [0.717, 1.165) is 0 Å². The Balaban J connectivity index is 1.38. The minimum absolute atomic E-state index is 0.0711. The third-order valence-corrected chi connectivity index (χ3v) is 6.73. The van der Waals surface area contributed by atoms with Crippen molar-refractivity contribution in [2.45, 2.75) is 38.6 Å². The van der Waals surface area contributed by atoms with Gasteiger partial charge in [0, 0.05) is 48.2 Å². The number of nitrogen functional groups attached to an aromatic ring is 1. The number of fused-ring (bicyclic) bond motifs is 1. The van der Waals surface area contributed by atoms with Crippen LogP contribution in [0, 0.1) is 12.7 Å². The summed E-state index contributed by atoms with van der Waals surface area (Å²) >= 11 is 5.80. The zero-order valence-corrected chi connectivity index (χ0v) is 21.0. The van der Waals surface area contributed by atoms with Crippen molar-refractivity contribution < 1.29 is 18.4 Å². The van der Waals surface area contributed by atoms with Crippen LogP contribution in [0.25, 0.3) is 22.2 Å². The second-order valence-corrected chi connectivity index (χ2v) is 9.38. The third-order valence-electron chi connectivity index (χ3n) is 6.44. The number of hydrogen-bond acceptors (Lipinski definition) is 7. The molecule has 0 aliphatic carbocycles. The Kier molecular flexibility index (Phi) is 6.89. The Labute approximate surface area is 220 Å². The Morgan fingerprint density at radius 1 is 1.21 bits per heavy atom. The molecule has 1 fully saturated rings. The molecule has 13 heteroatoms. The number of anilines is 1. The zero-order valence-electron chi connectivity index (χ0n) is 20.2. The number of nitrogens with one attached hydrogen (secondary N) is 1. The smallest absolute Gasteiger partial charge is 0.243 e. The molecule has 4 aromatic rings. The van der Waals surface area contributed by atoms with Gasteiger partial charge < -0.3 is 20.5 Å². The van der Waals surface area contributed by atoms with Crippen LogP contribution >= 0.6 is 11.6 Å². The van der Waals surface area contributed by atoms with Crippen LogP contribution < -0.4 is 11.1 Å². The van der Waals surface area contributed by atoms with Gasteiger partial charge >= 0.3 is 0 Å². The minimum atomic E-state index is -1.38. The number of carbonyl (C=O) groups is 2. The number of halogens is 3. The summed E-state index contributed by atoms with van der Waals surface area (Å²) in [4.78, 5) is 44.3. The van der Waals surface area contributed by atoms with E-state index in [-0.39, 0.29) is 42.5 Å². The van der Waals surface area contributed by atoms with Gasteiger partial charge in [0.1, 0.15) is 48.2 Å². The molecule has 0 bridgehead atoms. The highest BCUT2D eigenvalue weighted by atomic mass is 35.5. The molecular formula is C25H23ClF2N8O2. The molecule has 1 aliphatic heterocycles. The van der Waals surface area contributed by atoms with E-state index in [4.69, 9.17) is 17.3 Å². The van der Waals surface area contributed by atoms with E-state index in [2.05, 4.69) is 25.3 Å². The van der Waals surface area contributed by atoms with Gasteiger partial charge in [0.05, 0.1) is 17.0 Å². The lowest BCUT2D eigenvalue weighted by Gasteiger charge is -2.24. The molecule has 0 radical (unpaired) electrons. The molecule has 0 saturated carbocycles. The molecule has 3 N–H and O–H groups in total. The lowest BCUT2D eigenvalue weighted by atomic mass is 10.1. The van der Waals surface area contributed by atoms with E-state index in [1.165, 1.54) is 23.4 Å². The number of hydrogen-bond donors (Lipinski definition) is 2. The highest BCUT2D eigenvalue weighted by Crippen LogP contribution is 2.32. The fourth-order valence-electron chi connectivity index (χ4n) is 4.55. The number of nitrogens with two attached hydrogens (primary N) is 1. The van der Waals surface area contributed by atoms with Gasteiger partial charge in [-0.3, -0.25) is 9.59 Å². The average molecular weight is 541 g/mol. The van der Waals surface area contributed by atoms with Crippen LogP contribution in [0.3, 0.4) is 0 Å². The van der Waals surface area contributed by atoms with Gasteiger partial charge in [-0.25, -0.2) is 28.7 Å². The number of likely N-dealkylation sites (tertiary alicyclic amines) is 1. The predicted molar refractivity (Wildman–Crippen MR) is 136 cm³/mol. The van der Waals surface area contributed by atoms with Crippen LogP contribution in [-0.2, 0) is 22.7 Å². The topological polar surface area (TPSA) is 132 Å². The van der Waals surface area contributed by atoms with Gasteiger partial charge in [-0.1, -0.05) is 23.7 Å². The van der Waals surface area contributed by atoms with Crippen molar-refractivity contribution in [1.29, 1.82) is 0 Å². The lowest BCUT2D eigenvalue weighted by Crippen LogP contribution is -2.46. The fraction of sp³-hybridized carbons (Fsp3) is 0.280. The number of alkyl halides is 1. The summed E-state index contributed by atoms with van der Waals surface area (Å²) in [7, 11) is 0. The van der Waals surface area contributed by atoms with Gasteiger partial charge in [0.15, 0.2) is 0 Å². The summed E-state index contributed by atoms with van der Waals surface area (Å²) in [5, 5.41) is 3.04. The molecule has 1 saturated heterocycles. The molecule has 1 aliphatic rings. The quantitative estimate of drug-likeness (QED) is 0.384. The SMILES string of the molecule is Cc1ncc(-c2cn(CC(=O)N3C[C@H](F)C[C@H]3C(=O)NCc3cccc(Cl)c3F)c3ncnc(N)c23)cn1. The summed E-state index contributed by atoms with van der Waals surface area (Å²) < 4.78 is 30.2. The van der Waals surface area contributed by atoms with Gasteiger partial charge in [-0.15, -0.1) is 0 Å². The van der Waals surface area contributed by atoms with E-state index < -0.39 is 29.8 Å². The molecule has 2 amide bonds. The number of amides is 2. The Morgan fingerprint density at radius 2 is 1.97 bits per heavy atom. The number of benzene rings is 1. The molecular weight excluding hydrogens is 518 g/mol. The summed E-state index contributed by atoms with van der Waals surface area (Å²) in [6, 6.07) is 3.39. The number of aryl methyl sites for hydroxylation is 1. The van der Waals surface area contributed by atoms with Crippen LogP contribution in [0.15, 0.2) is 43.1 Å². The monoisotopic (exact) mass is 540 g/mol. The summed E-state index contributed by atoms with van der Waals surface area (Å²) in [6.45, 7) is 1.15. The Hall–Kier alpha value is -4.19. The minimum Gasteiger partial charge on any atom is -0.383 e. The average Bonchev–Trinajstić information content (AvgIpc) is 3.47. The Morgan fingerprint density at radius 3 is 2.74 bits per heavy atom. The number of rotatable bonds is 6. The van der Waals surface area contributed by atoms with Gasteiger partial charge in [0.2, 0.25) is 11.8 Å². The maximum atomic E-state index is 14.4. The van der Waals surface area contributed by atoms with Crippen molar-refractivity contribution in [2.75, 3.05) is 12.3 Å². The number of nitrogens with zero attached hydrogens (tertiary/aromatic N) is 6. The van der Waals surface area contributed by atoms with Crippen molar-refractivity contribution >= 4 is 40.3 Å². The molecule has 2 atom stereocenters. The van der Waals surface area contributed by atoms with Gasteiger partial charge in [-0.05, 0) is 13.0 Å². The van der Waals surface area contributed by atoms with Crippen molar-refractivity contribution in [3.05, 3.63) is 65.3 Å². The highest BCUT2D eigenvalue weighted by molar-refractivity contribution is 6.30. The molecule has 4 heterocycles.